The van der Waals surface area contributed by atoms with E-state index >= 15 is 0 Å². The third-order valence-corrected chi connectivity index (χ3v) is 14.9. The smallest absolute Gasteiger partial charge is 0.243 e. The number of hydrogen-bond acceptors (Lipinski definition) is 17. The highest BCUT2D eigenvalue weighted by Gasteiger charge is 2.38. The van der Waals surface area contributed by atoms with E-state index in [1.807, 2.05) is 13.8 Å². The van der Waals surface area contributed by atoms with E-state index in [4.69, 9.17) is 28.7 Å². The fourth-order valence-corrected chi connectivity index (χ4v) is 10.2. The average molecular weight is 1100 g/mol. The zero-order chi connectivity index (χ0) is 58.1. The Morgan fingerprint density at radius 2 is 1.18 bits per heavy atom. The molecule has 23 heteroatoms. The van der Waals surface area contributed by atoms with Crippen LogP contribution in [0.25, 0.3) is 0 Å². The normalized spacial score (nSPS) is 25.3. The molecule has 78 heavy (non-hydrogen) atoms. The highest BCUT2D eigenvalue weighted by molar-refractivity contribution is 5.98. The van der Waals surface area contributed by atoms with E-state index in [0.717, 1.165) is 32.1 Å². The zero-order valence-electron chi connectivity index (χ0n) is 46.2. The SMILES string of the molecule is CC(C)C[C@@H]1NC(=O)[C@@H](Cc2ccccc2)CC(=O)[C@H](CCN)NC(=O)[C@@H](CC(=O)[C@H](CN)CC(=O)[C@@H](NC(=O)CC(N)C2CCCCC2)C(C)O)CCNC(=O)[C@H](C(C)O)CC(=O)[C@H](CCN)NC(=O)[C@H](CCN)NC1=O. The molecule has 1 aromatic carbocycles. The predicted octanol–water partition coefficient (Wildman–Crippen LogP) is -1.41. The Bertz CT molecular complexity index is 2140. The Morgan fingerprint density at radius 1 is 0.641 bits per heavy atom. The summed E-state index contributed by atoms with van der Waals surface area (Å²) in [5, 5.41) is 37.5. The van der Waals surface area contributed by atoms with Gasteiger partial charge in [-0.05, 0) is 102 Å². The maximum Gasteiger partial charge on any atom is 0.243 e. The maximum absolute atomic E-state index is 14.5. The first-order valence-corrected chi connectivity index (χ1v) is 27.9. The summed E-state index contributed by atoms with van der Waals surface area (Å²) in [7, 11) is 0. The van der Waals surface area contributed by atoms with Crippen molar-refractivity contribution < 1.29 is 58.2 Å². The summed E-state index contributed by atoms with van der Waals surface area (Å²) in [6.45, 7) is 5.35. The van der Waals surface area contributed by atoms with E-state index < -0.39 is 156 Å². The first kappa shape index (κ1) is 66.7. The van der Waals surface area contributed by atoms with Crippen LogP contribution in [0, 0.1) is 35.5 Å². The molecule has 6 amide bonds. The second kappa shape index (κ2) is 34.4. The van der Waals surface area contributed by atoms with Crippen molar-refractivity contribution in [2.45, 2.75) is 179 Å². The molecule has 0 aromatic heterocycles. The molecule has 1 heterocycles. The van der Waals surface area contributed by atoms with Crippen molar-refractivity contribution in [2.75, 3.05) is 32.7 Å². The lowest BCUT2D eigenvalue weighted by Crippen LogP contribution is -2.57. The number of benzene rings is 1. The minimum absolute atomic E-state index is 0.0313. The summed E-state index contributed by atoms with van der Waals surface area (Å²) in [4.78, 5) is 140. The Hall–Kier alpha value is -5.56. The Kier molecular flexibility index (Phi) is 29.5. The molecule has 2 aliphatic rings. The second-order valence-electron chi connectivity index (χ2n) is 21.8. The van der Waals surface area contributed by atoms with E-state index in [2.05, 4.69) is 31.9 Å². The molecule has 1 saturated carbocycles. The highest BCUT2D eigenvalue weighted by Crippen LogP contribution is 2.27. The van der Waals surface area contributed by atoms with Crippen molar-refractivity contribution in [3.05, 3.63) is 35.9 Å². The fourth-order valence-electron chi connectivity index (χ4n) is 10.2. The topological polar surface area (TPSA) is 413 Å². The van der Waals surface area contributed by atoms with Gasteiger partial charge in [0.1, 0.15) is 23.9 Å². The molecule has 438 valence electrons. The Balaban J connectivity index is 2.06. The monoisotopic (exact) mass is 1100 g/mol. The molecular weight excluding hydrogens is 1010 g/mol. The molecular formula is C55H91N11O12. The van der Waals surface area contributed by atoms with E-state index in [9.17, 15) is 58.2 Å². The molecule has 1 aliphatic heterocycles. The van der Waals surface area contributed by atoms with Gasteiger partial charge < -0.3 is 70.8 Å². The number of ketones is 4. The standard InChI is InChI=1S/C55H91N11O12/c1-31(2)23-44-55(78)64-43(17-21-58)54(77)63-42(16-20-57)47(71)28-39(32(3)67)53(76)61-22-18-36(51(74)62-41(15-19-56)46(70)26-37(52(75)65-44)24-34-11-7-5-8-12-34)25-45(69)38(30-59)27-48(72)50(33(4)68)66-49(73)29-40(60)35-13-9-6-10-14-35/h5,7-8,11-12,31-33,35-44,50,67-68H,6,9-10,13-30,56-60H2,1-4H3,(H,61,76)(H,62,74)(H,63,77)(H,64,78)(H,65,75)(H,66,73)/t32?,33?,36-,37+,38+,39+,40?,41+,42+,43+,44+,50+/m1/s1. The molecule has 3 rings (SSSR count). The summed E-state index contributed by atoms with van der Waals surface area (Å²) in [5.41, 5.74) is 30.9. The quantitative estimate of drug-likeness (QED) is 0.0598. The van der Waals surface area contributed by atoms with Gasteiger partial charge in [-0.25, -0.2) is 0 Å². The molecule has 18 N–H and O–H groups in total. The number of nitrogens with two attached hydrogens (primary N) is 5. The first-order chi connectivity index (χ1) is 37.0. The number of carbonyl (C=O) groups is 10. The summed E-state index contributed by atoms with van der Waals surface area (Å²) in [6, 6.07) is 1.90. The van der Waals surface area contributed by atoms with Crippen molar-refractivity contribution in [3.63, 3.8) is 0 Å². The van der Waals surface area contributed by atoms with Crippen LogP contribution in [0.1, 0.15) is 130 Å². The summed E-state index contributed by atoms with van der Waals surface area (Å²) >= 11 is 0. The lowest BCUT2D eigenvalue weighted by Gasteiger charge is -2.28. The van der Waals surface area contributed by atoms with Crippen molar-refractivity contribution in [1.29, 1.82) is 0 Å². The third-order valence-electron chi connectivity index (χ3n) is 14.9. The van der Waals surface area contributed by atoms with E-state index in [1.165, 1.54) is 13.8 Å². The van der Waals surface area contributed by atoms with Gasteiger partial charge in [-0.1, -0.05) is 63.4 Å². The zero-order valence-corrected chi connectivity index (χ0v) is 46.2. The molecule has 12 atom stereocenters. The van der Waals surface area contributed by atoms with Crippen LogP contribution < -0.4 is 60.6 Å². The van der Waals surface area contributed by atoms with Crippen LogP contribution in [-0.2, 0) is 54.4 Å². The number of carbonyl (C=O) groups excluding carboxylic acids is 10. The highest BCUT2D eigenvalue weighted by atomic mass is 16.3. The van der Waals surface area contributed by atoms with Gasteiger partial charge in [0.15, 0.2) is 17.3 Å². The molecule has 0 spiro atoms. The number of Topliss-reactive ketones (excluding diaryl/α,β-unsaturated/α-hetero) is 4. The van der Waals surface area contributed by atoms with Crippen LogP contribution >= 0.6 is 0 Å². The van der Waals surface area contributed by atoms with Gasteiger partial charge in [-0.3, -0.25) is 47.9 Å². The summed E-state index contributed by atoms with van der Waals surface area (Å²) in [6.07, 6.45) is -0.428. The average Bonchev–Trinajstić information content (AvgIpc) is 3.39. The van der Waals surface area contributed by atoms with Crippen molar-refractivity contribution in [1.82, 2.24) is 31.9 Å². The van der Waals surface area contributed by atoms with Gasteiger partial charge in [0.05, 0.1) is 30.2 Å². The van der Waals surface area contributed by atoms with Gasteiger partial charge in [0.2, 0.25) is 35.4 Å². The first-order valence-electron chi connectivity index (χ1n) is 27.9. The van der Waals surface area contributed by atoms with E-state index in [0.29, 0.717) is 5.56 Å². The number of rotatable bonds is 23. The van der Waals surface area contributed by atoms with Crippen LogP contribution in [0.2, 0.25) is 0 Å². The Morgan fingerprint density at radius 3 is 1.74 bits per heavy atom. The molecule has 0 bridgehead atoms. The van der Waals surface area contributed by atoms with E-state index in [-0.39, 0.29) is 89.5 Å². The van der Waals surface area contributed by atoms with Crippen LogP contribution in [0.3, 0.4) is 0 Å². The minimum atomic E-state index is -1.41. The van der Waals surface area contributed by atoms with Gasteiger partial charge in [0, 0.05) is 69.0 Å². The number of hydrogen-bond donors (Lipinski definition) is 13. The number of aliphatic hydroxyl groups excluding tert-OH is 2. The van der Waals surface area contributed by atoms with Gasteiger partial charge >= 0.3 is 0 Å². The molecule has 3 unspecified atom stereocenters. The Labute approximate surface area is 459 Å². The van der Waals surface area contributed by atoms with Crippen LogP contribution in [-0.4, -0.2) is 150 Å². The molecule has 2 fully saturated rings. The van der Waals surface area contributed by atoms with E-state index in [1.54, 1.807) is 30.3 Å². The van der Waals surface area contributed by atoms with Crippen molar-refractivity contribution in [3.8, 4) is 0 Å². The molecule has 0 radical (unpaired) electrons. The summed E-state index contributed by atoms with van der Waals surface area (Å²) < 4.78 is 0. The third kappa shape index (κ3) is 22.3. The maximum atomic E-state index is 14.5. The molecule has 1 aromatic rings. The van der Waals surface area contributed by atoms with Crippen molar-refractivity contribution >= 4 is 58.6 Å². The largest absolute Gasteiger partial charge is 0.393 e. The van der Waals surface area contributed by atoms with Crippen molar-refractivity contribution in [2.24, 2.45) is 64.2 Å². The summed E-state index contributed by atoms with van der Waals surface area (Å²) in [5.74, 6) is -12.0. The fraction of sp³-hybridized carbons (Fsp3) is 0.709. The second-order valence-corrected chi connectivity index (χ2v) is 21.8. The number of amides is 6. The van der Waals surface area contributed by atoms with Crippen LogP contribution in [0.4, 0.5) is 0 Å². The molecule has 23 nitrogen and oxygen atoms in total. The predicted molar refractivity (Wildman–Crippen MR) is 292 cm³/mol. The lowest BCUT2D eigenvalue weighted by molar-refractivity contribution is -0.136. The van der Waals surface area contributed by atoms with Gasteiger partial charge in [-0.15, -0.1) is 0 Å². The van der Waals surface area contributed by atoms with Crippen LogP contribution in [0.5, 0.6) is 0 Å². The minimum Gasteiger partial charge on any atom is -0.393 e. The number of nitrogens with one attached hydrogen (secondary N) is 6. The van der Waals surface area contributed by atoms with Crippen LogP contribution in [0.15, 0.2) is 30.3 Å². The van der Waals surface area contributed by atoms with Gasteiger partial charge in [-0.2, -0.15) is 0 Å². The van der Waals surface area contributed by atoms with Gasteiger partial charge in [0.25, 0.3) is 0 Å². The lowest BCUT2D eigenvalue weighted by atomic mass is 9.83. The molecule has 1 aliphatic carbocycles. The number of aliphatic hydroxyl groups is 2. The molecule has 1 saturated heterocycles.